The number of para-hydroxylation sites is 1. The van der Waals surface area contributed by atoms with Gasteiger partial charge in [-0.05, 0) is 18.1 Å². The van der Waals surface area contributed by atoms with E-state index in [-0.39, 0.29) is 5.92 Å². The van der Waals surface area contributed by atoms with Gasteiger partial charge in [0.05, 0.1) is 7.11 Å². The van der Waals surface area contributed by atoms with Gasteiger partial charge in [0.1, 0.15) is 5.75 Å². The molecule has 0 N–H and O–H groups in total. The minimum Gasteiger partial charge on any atom is -0.496 e. The zero-order valence-electron chi connectivity index (χ0n) is 12.7. The first-order chi connectivity index (χ1) is 10.2. The normalized spacial score (nSPS) is 18.5. The molecule has 1 unspecified atom stereocenters. The van der Waals surface area contributed by atoms with Gasteiger partial charge >= 0.3 is 6.01 Å². The molecule has 1 fully saturated rings. The van der Waals surface area contributed by atoms with Crippen molar-refractivity contribution in [1.82, 2.24) is 10.1 Å². The second-order valence-electron chi connectivity index (χ2n) is 5.76. The van der Waals surface area contributed by atoms with E-state index in [0.29, 0.717) is 11.9 Å². The van der Waals surface area contributed by atoms with E-state index in [0.717, 1.165) is 31.1 Å². The van der Waals surface area contributed by atoms with E-state index < -0.39 is 0 Å². The molecule has 1 aliphatic heterocycles. The molecule has 2 heterocycles. The number of rotatable bonds is 4. The standard InChI is InChI=1S/C16H21N3O2/c1-11(2)15-17-16(21-18-15)19-9-8-12(10-19)13-6-4-5-7-14(13)20-3/h4-7,11-12H,8-10H2,1-3H3. The monoisotopic (exact) mass is 287 g/mol. The molecule has 5 heteroatoms. The zero-order valence-corrected chi connectivity index (χ0v) is 12.7. The molecule has 3 rings (SSSR count). The van der Waals surface area contributed by atoms with Crippen LogP contribution >= 0.6 is 0 Å². The highest BCUT2D eigenvalue weighted by Gasteiger charge is 2.29. The van der Waals surface area contributed by atoms with Crippen LogP contribution in [0, 0.1) is 0 Å². The predicted molar refractivity (Wildman–Crippen MR) is 81.0 cm³/mol. The van der Waals surface area contributed by atoms with Crippen molar-refractivity contribution < 1.29 is 9.26 Å². The van der Waals surface area contributed by atoms with Crippen molar-refractivity contribution in [2.75, 3.05) is 25.1 Å². The highest BCUT2D eigenvalue weighted by Crippen LogP contribution is 2.35. The topological polar surface area (TPSA) is 51.4 Å². The summed E-state index contributed by atoms with van der Waals surface area (Å²) >= 11 is 0. The molecule has 0 spiro atoms. The quantitative estimate of drug-likeness (QED) is 0.864. The first kappa shape index (κ1) is 13.9. The molecular weight excluding hydrogens is 266 g/mol. The predicted octanol–water partition coefficient (Wildman–Crippen LogP) is 3.20. The molecule has 2 aromatic rings. The molecular formula is C16H21N3O2. The molecule has 0 radical (unpaired) electrons. The lowest BCUT2D eigenvalue weighted by Gasteiger charge is -2.15. The lowest BCUT2D eigenvalue weighted by molar-refractivity contribution is 0.404. The first-order valence-electron chi connectivity index (χ1n) is 7.40. The molecule has 0 aliphatic carbocycles. The van der Waals surface area contributed by atoms with Gasteiger partial charge in [0.15, 0.2) is 5.82 Å². The van der Waals surface area contributed by atoms with Gasteiger partial charge in [-0.25, -0.2) is 0 Å². The summed E-state index contributed by atoms with van der Waals surface area (Å²) in [6, 6.07) is 8.85. The van der Waals surface area contributed by atoms with E-state index in [1.54, 1.807) is 7.11 Å². The van der Waals surface area contributed by atoms with Crippen LogP contribution in [0.5, 0.6) is 5.75 Å². The van der Waals surface area contributed by atoms with E-state index in [2.05, 4.69) is 41.0 Å². The van der Waals surface area contributed by atoms with Crippen molar-refractivity contribution >= 4 is 6.01 Å². The fraction of sp³-hybridized carbons (Fsp3) is 0.500. The summed E-state index contributed by atoms with van der Waals surface area (Å²) in [4.78, 5) is 6.64. The van der Waals surface area contributed by atoms with Gasteiger partial charge in [0.2, 0.25) is 0 Å². The SMILES string of the molecule is COc1ccccc1C1CCN(c2nc(C(C)C)no2)C1. The van der Waals surface area contributed by atoms with Crippen molar-refractivity contribution in [3.05, 3.63) is 35.7 Å². The molecule has 0 amide bonds. The highest BCUT2D eigenvalue weighted by atomic mass is 16.5. The average molecular weight is 287 g/mol. The first-order valence-corrected chi connectivity index (χ1v) is 7.40. The summed E-state index contributed by atoms with van der Waals surface area (Å²) in [5.41, 5.74) is 1.26. The highest BCUT2D eigenvalue weighted by molar-refractivity contribution is 5.40. The molecule has 1 aromatic heterocycles. The molecule has 112 valence electrons. The minimum absolute atomic E-state index is 0.287. The van der Waals surface area contributed by atoms with Crippen LogP contribution in [0.3, 0.4) is 0 Å². The third-order valence-electron chi connectivity index (χ3n) is 3.98. The van der Waals surface area contributed by atoms with E-state index in [9.17, 15) is 0 Å². The van der Waals surface area contributed by atoms with Crippen LogP contribution in [0.4, 0.5) is 6.01 Å². The van der Waals surface area contributed by atoms with Crippen LogP contribution in [-0.4, -0.2) is 30.3 Å². The van der Waals surface area contributed by atoms with E-state index in [1.165, 1.54) is 5.56 Å². The maximum Gasteiger partial charge on any atom is 0.324 e. The Morgan fingerprint density at radius 3 is 2.86 bits per heavy atom. The molecule has 0 saturated carbocycles. The smallest absolute Gasteiger partial charge is 0.324 e. The summed E-state index contributed by atoms with van der Waals surface area (Å²) in [6.45, 7) is 5.95. The third-order valence-corrected chi connectivity index (χ3v) is 3.98. The number of methoxy groups -OCH3 is 1. The fourth-order valence-corrected chi connectivity index (χ4v) is 2.78. The van der Waals surface area contributed by atoms with Gasteiger partial charge in [-0.2, -0.15) is 4.98 Å². The van der Waals surface area contributed by atoms with Gasteiger partial charge in [0, 0.05) is 24.9 Å². The molecule has 5 nitrogen and oxygen atoms in total. The number of hydrogen-bond acceptors (Lipinski definition) is 5. The minimum atomic E-state index is 0.287. The van der Waals surface area contributed by atoms with Crippen LogP contribution < -0.4 is 9.64 Å². The van der Waals surface area contributed by atoms with Crippen LogP contribution in [0.25, 0.3) is 0 Å². The maximum absolute atomic E-state index is 5.46. The zero-order chi connectivity index (χ0) is 14.8. The van der Waals surface area contributed by atoms with Gasteiger partial charge < -0.3 is 14.2 Å². The van der Waals surface area contributed by atoms with Crippen LogP contribution in [-0.2, 0) is 0 Å². The van der Waals surface area contributed by atoms with Crippen molar-refractivity contribution in [3.63, 3.8) is 0 Å². The van der Waals surface area contributed by atoms with Crippen LogP contribution in [0.15, 0.2) is 28.8 Å². The Kier molecular flexibility index (Phi) is 3.82. The summed E-state index contributed by atoms with van der Waals surface area (Å²) in [5, 5.41) is 4.04. The van der Waals surface area contributed by atoms with Gasteiger partial charge in [0.25, 0.3) is 0 Å². The Morgan fingerprint density at radius 1 is 1.33 bits per heavy atom. The van der Waals surface area contributed by atoms with Crippen molar-refractivity contribution in [1.29, 1.82) is 0 Å². The average Bonchev–Trinajstić information content (AvgIpc) is 3.16. The Labute approximate surface area is 124 Å². The molecule has 21 heavy (non-hydrogen) atoms. The second kappa shape index (κ2) is 5.76. The summed E-state index contributed by atoms with van der Waals surface area (Å²) in [6.07, 6.45) is 1.07. The molecule has 0 bridgehead atoms. The van der Waals surface area contributed by atoms with E-state index in [4.69, 9.17) is 9.26 Å². The molecule has 1 aromatic carbocycles. The van der Waals surface area contributed by atoms with Gasteiger partial charge in [-0.1, -0.05) is 37.2 Å². The molecule has 1 atom stereocenters. The van der Waals surface area contributed by atoms with Gasteiger partial charge in [-0.3, -0.25) is 0 Å². The van der Waals surface area contributed by atoms with E-state index in [1.807, 2.05) is 12.1 Å². The summed E-state index contributed by atoms with van der Waals surface area (Å²) in [7, 11) is 1.72. The van der Waals surface area contributed by atoms with Gasteiger partial charge in [-0.15, -0.1) is 0 Å². The number of nitrogens with zero attached hydrogens (tertiary/aromatic N) is 3. The van der Waals surface area contributed by atoms with Crippen LogP contribution in [0.1, 0.15) is 43.5 Å². The number of ether oxygens (including phenoxy) is 1. The lowest BCUT2D eigenvalue weighted by Crippen LogP contribution is -2.19. The number of benzene rings is 1. The Balaban J connectivity index is 1.75. The third kappa shape index (κ3) is 2.73. The van der Waals surface area contributed by atoms with Crippen molar-refractivity contribution in [2.45, 2.75) is 32.1 Å². The number of aromatic nitrogens is 2. The summed E-state index contributed by atoms with van der Waals surface area (Å²) < 4.78 is 10.8. The number of anilines is 1. The fourth-order valence-electron chi connectivity index (χ4n) is 2.78. The Hall–Kier alpha value is -2.04. The Morgan fingerprint density at radius 2 is 2.14 bits per heavy atom. The Bertz CT molecular complexity index is 609. The van der Waals surface area contributed by atoms with Crippen molar-refractivity contribution in [2.24, 2.45) is 0 Å². The maximum atomic E-state index is 5.46. The summed E-state index contributed by atoms with van der Waals surface area (Å²) in [5.74, 6) is 2.45. The lowest BCUT2D eigenvalue weighted by atomic mass is 9.97. The second-order valence-corrected chi connectivity index (χ2v) is 5.76. The van der Waals surface area contributed by atoms with E-state index >= 15 is 0 Å². The van der Waals surface area contributed by atoms with Crippen LogP contribution in [0.2, 0.25) is 0 Å². The molecule has 1 aliphatic rings. The number of hydrogen-bond donors (Lipinski definition) is 0. The van der Waals surface area contributed by atoms with Crippen molar-refractivity contribution in [3.8, 4) is 5.75 Å². The largest absolute Gasteiger partial charge is 0.496 e. The molecule has 1 saturated heterocycles.